The molecule has 0 saturated carbocycles. The van der Waals surface area contributed by atoms with Gasteiger partial charge in [0.2, 0.25) is 0 Å². The standard InChI is InChI=1S/C19H30N4S/c1-7-13-21(14-8-2)24(19-20,22(15-9-3)16-10-4)23(17-11-5)18-12-6/h7-12H,1-6,13-18H2. The fourth-order valence-electron chi connectivity index (χ4n) is 2.37. The predicted octanol–water partition coefficient (Wildman–Crippen LogP) is 4.04. The molecule has 0 amide bonds. The minimum Gasteiger partial charge on any atom is -0.225 e. The lowest BCUT2D eigenvalue weighted by Crippen LogP contribution is -2.49. The van der Waals surface area contributed by atoms with E-state index in [1.807, 2.05) is 36.5 Å². The summed E-state index contributed by atoms with van der Waals surface area (Å²) in [6.45, 7) is 26.5. The van der Waals surface area contributed by atoms with Crippen LogP contribution in [0.15, 0.2) is 75.9 Å². The highest BCUT2D eigenvalue weighted by Gasteiger charge is 2.41. The smallest absolute Gasteiger partial charge is 0.156 e. The van der Waals surface area contributed by atoms with Gasteiger partial charge in [-0.15, -0.1) is 39.5 Å². The van der Waals surface area contributed by atoms with Crippen LogP contribution in [0.25, 0.3) is 0 Å². The van der Waals surface area contributed by atoms with Crippen molar-refractivity contribution >= 4 is 10.6 Å². The van der Waals surface area contributed by atoms with Gasteiger partial charge >= 0.3 is 0 Å². The lowest BCUT2D eigenvalue weighted by Gasteiger charge is -2.54. The molecular formula is C19H30N4S. The molecule has 0 spiro atoms. The average molecular weight is 347 g/mol. The number of nitrogens with zero attached hydrogens (tertiary/aromatic N) is 4. The Hall–Kier alpha value is -1.84. The van der Waals surface area contributed by atoms with E-state index >= 15 is 0 Å². The van der Waals surface area contributed by atoms with Crippen molar-refractivity contribution in [3.8, 4) is 5.40 Å². The van der Waals surface area contributed by atoms with Gasteiger partial charge in [0, 0.05) is 49.9 Å². The zero-order chi connectivity index (χ0) is 18.4. The Morgan fingerprint density at radius 2 is 0.792 bits per heavy atom. The van der Waals surface area contributed by atoms with Crippen molar-refractivity contribution in [1.29, 1.82) is 5.26 Å². The number of thiocyanates is 1. The summed E-state index contributed by atoms with van der Waals surface area (Å²) in [6.07, 6.45) is 10.8. The van der Waals surface area contributed by atoms with Crippen molar-refractivity contribution in [3.63, 3.8) is 0 Å². The molecule has 0 heterocycles. The molecule has 5 heteroatoms. The molecule has 0 aliphatic rings. The Balaban J connectivity index is 6.34. The highest BCUT2D eigenvalue weighted by Crippen LogP contribution is 2.56. The van der Waals surface area contributed by atoms with Crippen LogP contribution in [0.5, 0.6) is 0 Å². The SMILES string of the molecule is C=CCN(CC=C)S(C#N)(N(CC=C)CC=C)N(CC=C)CC=C. The van der Waals surface area contributed by atoms with Gasteiger partial charge in [-0.05, 0) is 0 Å². The number of hydrogen-bond acceptors (Lipinski definition) is 4. The summed E-state index contributed by atoms with van der Waals surface area (Å²) in [4.78, 5) is 0. The van der Waals surface area contributed by atoms with Crippen molar-refractivity contribution in [2.75, 3.05) is 39.3 Å². The van der Waals surface area contributed by atoms with Gasteiger partial charge in [0.05, 0.1) is 0 Å². The largest absolute Gasteiger partial charge is 0.225 e. The molecule has 0 aliphatic carbocycles. The quantitative estimate of drug-likeness (QED) is 0.331. The van der Waals surface area contributed by atoms with E-state index in [9.17, 15) is 5.26 Å². The lowest BCUT2D eigenvalue weighted by atomic mass is 10.5. The van der Waals surface area contributed by atoms with Crippen molar-refractivity contribution in [1.82, 2.24) is 12.9 Å². The van der Waals surface area contributed by atoms with Crippen molar-refractivity contribution in [2.45, 2.75) is 0 Å². The second-order valence-electron chi connectivity index (χ2n) is 4.88. The van der Waals surface area contributed by atoms with Crippen molar-refractivity contribution < 1.29 is 0 Å². The molecule has 0 atom stereocenters. The van der Waals surface area contributed by atoms with E-state index in [0.29, 0.717) is 39.3 Å². The van der Waals surface area contributed by atoms with E-state index in [0.717, 1.165) is 0 Å². The molecule has 24 heavy (non-hydrogen) atoms. The number of rotatable bonds is 15. The first-order valence-corrected chi connectivity index (χ1v) is 9.28. The van der Waals surface area contributed by atoms with E-state index in [1.54, 1.807) is 0 Å². The first-order chi connectivity index (χ1) is 11.6. The first kappa shape index (κ1) is 22.2. The molecule has 0 unspecified atom stereocenters. The number of hydrogen-bond donors (Lipinski definition) is 0. The minimum atomic E-state index is -2.15. The maximum atomic E-state index is 10.3. The van der Waals surface area contributed by atoms with E-state index < -0.39 is 10.6 Å². The van der Waals surface area contributed by atoms with E-state index in [-0.39, 0.29) is 0 Å². The molecule has 0 aromatic rings. The summed E-state index contributed by atoms with van der Waals surface area (Å²) in [5.41, 5.74) is 0. The second-order valence-corrected chi connectivity index (χ2v) is 7.65. The summed E-state index contributed by atoms with van der Waals surface area (Å²) in [5.74, 6) is 0. The predicted molar refractivity (Wildman–Crippen MR) is 109 cm³/mol. The Morgan fingerprint density at radius 3 is 0.917 bits per heavy atom. The third kappa shape index (κ3) is 5.36. The van der Waals surface area contributed by atoms with Gasteiger partial charge in [0.1, 0.15) is 0 Å². The minimum absolute atomic E-state index is 0.574. The molecule has 0 aromatic heterocycles. The molecule has 0 rings (SSSR count). The molecule has 0 aromatic carbocycles. The molecule has 4 nitrogen and oxygen atoms in total. The van der Waals surface area contributed by atoms with Crippen molar-refractivity contribution in [3.05, 3.63) is 75.9 Å². The number of nitriles is 1. The Labute approximate surface area is 149 Å². The average Bonchev–Trinajstić information content (AvgIpc) is 2.57. The van der Waals surface area contributed by atoms with Crippen LogP contribution in [0.4, 0.5) is 0 Å². The van der Waals surface area contributed by atoms with Crippen LogP contribution in [0.3, 0.4) is 0 Å². The zero-order valence-corrected chi connectivity index (χ0v) is 15.5. The van der Waals surface area contributed by atoms with Gasteiger partial charge in [0.25, 0.3) is 0 Å². The van der Waals surface area contributed by atoms with Crippen LogP contribution >= 0.6 is 10.6 Å². The molecule has 0 fully saturated rings. The van der Waals surface area contributed by atoms with E-state index in [2.05, 4.69) is 57.8 Å². The topological polar surface area (TPSA) is 33.5 Å². The molecular weight excluding hydrogens is 316 g/mol. The summed E-state index contributed by atoms with van der Waals surface area (Å²) in [7, 11) is -2.15. The summed E-state index contributed by atoms with van der Waals surface area (Å²) >= 11 is 0. The van der Waals surface area contributed by atoms with Crippen LogP contribution in [0.1, 0.15) is 0 Å². The third-order valence-corrected chi connectivity index (χ3v) is 6.50. The summed E-state index contributed by atoms with van der Waals surface area (Å²) < 4.78 is 6.31. The van der Waals surface area contributed by atoms with E-state index in [1.165, 1.54) is 0 Å². The molecule has 132 valence electrons. The molecule has 0 radical (unpaired) electrons. The molecule has 0 N–H and O–H groups in total. The summed E-state index contributed by atoms with van der Waals surface area (Å²) in [6, 6.07) is 0. The Kier molecular flexibility index (Phi) is 11.6. The second kappa shape index (κ2) is 12.6. The Bertz CT molecular complexity index is 402. The van der Waals surface area contributed by atoms with Gasteiger partial charge in [-0.2, -0.15) is 5.26 Å². The monoisotopic (exact) mass is 346 g/mol. The van der Waals surface area contributed by atoms with Crippen molar-refractivity contribution in [2.24, 2.45) is 0 Å². The molecule has 0 saturated heterocycles. The van der Waals surface area contributed by atoms with Crippen LogP contribution in [0, 0.1) is 10.7 Å². The van der Waals surface area contributed by atoms with Gasteiger partial charge in [-0.25, -0.2) is 12.9 Å². The zero-order valence-electron chi connectivity index (χ0n) is 14.6. The normalized spacial score (nSPS) is 11.8. The fourth-order valence-corrected chi connectivity index (χ4v) is 5.58. The highest BCUT2D eigenvalue weighted by molar-refractivity contribution is 8.31. The highest BCUT2D eigenvalue weighted by atomic mass is 32.3. The molecule has 0 aliphatic heterocycles. The Morgan fingerprint density at radius 1 is 0.583 bits per heavy atom. The van der Waals surface area contributed by atoms with Crippen LogP contribution in [-0.4, -0.2) is 52.2 Å². The van der Waals surface area contributed by atoms with Crippen LogP contribution in [-0.2, 0) is 0 Å². The van der Waals surface area contributed by atoms with Crippen LogP contribution in [0.2, 0.25) is 0 Å². The summed E-state index contributed by atoms with van der Waals surface area (Å²) in [5, 5.41) is 12.9. The lowest BCUT2D eigenvalue weighted by molar-refractivity contribution is 0.407. The van der Waals surface area contributed by atoms with Crippen LogP contribution < -0.4 is 0 Å². The first-order valence-electron chi connectivity index (χ1n) is 7.77. The van der Waals surface area contributed by atoms with Gasteiger partial charge in [-0.3, -0.25) is 0 Å². The maximum Gasteiger partial charge on any atom is 0.156 e. The van der Waals surface area contributed by atoms with E-state index in [4.69, 9.17) is 0 Å². The van der Waals surface area contributed by atoms with Gasteiger partial charge in [0.15, 0.2) is 5.40 Å². The fraction of sp³-hybridized carbons (Fsp3) is 0.316. The van der Waals surface area contributed by atoms with Gasteiger partial charge < -0.3 is 0 Å². The third-order valence-electron chi connectivity index (χ3n) is 3.20. The van der Waals surface area contributed by atoms with Gasteiger partial charge in [-0.1, -0.05) is 36.5 Å². The maximum absolute atomic E-state index is 10.3. The molecule has 0 bridgehead atoms.